The molecule has 0 radical (unpaired) electrons. The first-order valence-corrected chi connectivity index (χ1v) is 6.48. The Labute approximate surface area is 108 Å². The van der Waals surface area contributed by atoms with Crippen molar-refractivity contribution in [3.8, 4) is 0 Å². The molecule has 1 aromatic heterocycles. The lowest BCUT2D eigenvalue weighted by Crippen LogP contribution is -2.07. The first kappa shape index (κ1) is 12.5. The summed E-state index contributed by atoms with van der Waals surface area (Å²) in [5.41, 5.74) is 1.59. The first-order chi connectivity index (χ1) is 8.72. The summed E-state index contributed by atoms with van der Waals surface area (Å²) in [6.07, 6.45) is 3.33. The van der Waals surface area contributed by atoms with E-state index in [4.69, 9.17) is 4.52 Å². The minimum atomic E-state index is -0.942. The number of aromatic carboxylic acids is 1. The monoisotopic (exact) mass is 264 g/mol. The van der Waals surface area contributed by atoms with Gasteiger partial charge in [-0.3, -0.25) is 0 Å². The largest absolute Gasteiger partial charge is 0.478 e. The van der Waals surface area contributed by atoms with Gasteiger partial charge in [-0.05, 0) is 18.4 Å². The molecule has 5 nitrogen and oxygen atoms in total. The van der Waals surface area contributed by atoms with Crippen molar-refractivity contribution in [1.82, 2.24) is 5.16 Å². The van der Waals surface area contributed by atoms with E-state index in [9.17, 15) is 9.90 Å². The minimum absolute atomic E-state index is 0.286. The number of carboxylic acids is 1. The van der Waals surface area contributed by atoms with Gasteiger partial charge in [0.1, 0.15) is 12.0 Å². The van der Waals surface area contributed by atoms with Crippen LogP contribution in [0.5, 0.6) is 0 Å². The number of hydrogen-bond acceptors (Lipinski definition) is 5. The van der Waals surface area contributed by atoms with Gasteiger partial charge in [0, 0.05) is 11.0 Å². The van der Waals surface area contributed by atoms with Crippen LogP contribution in [0.4, 0.5) is 5.69 Å². The second kappa shape index (κ2) is 5.59. The van der Waals surface area contributed by atoms with E-state index in [-0.39, 0.29) is 5.56 Å². The van der Waals surface area contributed by atoms with Gasteiger partial charge in [-0.2, -0.15) is 0 Å². The molecular weight excluding hydrogens is 252 g/mol. The van der Waals surface area contributed by atoms with Gasteiger partial charge in [0.25, 0.3) is 0 Å². The molecule has 0 fully saturated rings. The molecule has 0 atom stereocenters. The van der Waals surface area contributed by atoms with E-state index in [1.165, 1.54) is 18.0 Å². The molecule has 1 aromatic carbocycles. The molecule has 6 heteroatoms. The Morgan fingerprint density at radius 1 is 1.50 bits per heavy atom. The van der Waals surface area contributed by atoms with Crippen molar-refractivity contribution in [3.63, 3.8) is 0 Å². The topological polar surface area (TPSA) is 75.4 Å². The van der Waals surface area contributed by atoms with Crippen LogP contribution in [0, 0.1) is 0 Å². The second-order valence-corrected chi connectivity index (χ2v) is 4.38. The van der Waals surface area contributed by atoms with Crippen LogP contribution in [0.2, 0.25) is 0 Å². The van der Waals surface area contributed by atoms with Crippen molar-refractivity contribution >= 4 is 23.4 Å². The molecule has 18 heavy (non-hydrogen) atoms. The van der Waals surface area contributed by atoms with Crippen LogP contribution in [-0.2, 0) is 6.54 Å². The van der Waals surface area contributed by atoms with Crippen LogP contribution in [0.1, 0.15) is 16.1 Å². The molecule has 0 aliphatic carbocycles. The Balaban J connectivity index is 2.24. The molecule has 0 amide bonds. The number of aromatic nitrogens is 1. The van der Waals surface area contributed by atoms with E-state index in [0.29, 0.717) is 12.2 Å². The van der Waals surface area contributed by atoms with Crippen LogP contribution >= 0.6 is 11.8 Å². The van der Waals surface area contributed by atoms with Gasteiger partial charge < -0.3 is 14.9 Å². The van der Waals surface area contributed by atoms with Gasteiger partial charge in [0.2, 0.25) is 0 Å². The summed E-state index contributed by atoms with van der Waals surface area (Å²) in [5, 5.41) is 16.1. The van der Waals surface area contributed by atoms with Crippen LogP contribution in [0.25, 0.3) is 0 Å². The van der Waals surface area contributed by atoms with Crippen molar-refractivity contribution in [3.05, 3.63) is 41.8 Å². The average molecular weight is 264 g/mol. The van der Waals surface area contributed by atoms with Crippen LogP contribution in [0.15, 0.2) is 39.9 Å². The van der Waals surface area contributed by atoms with E-state index >= 15 is 0 Å². The Bertz CT molecular complexity index is 540. The molecule has 0 aliphatic rings. The van der Waals surface area contributed by atoms with E-state index in [0.717, 1.165) is 10.6 Å². The standard InChI is InChI=1S/C12H12N2O3S/c1-18-10-4-2-3-9(11(10)12(15)16)13-7-8-5-6-17-14-8/h2-6,13H,7H2,1H3,(H,15,16). The average Bonchev–Trinajstić information content (AvgIpc) is 2.88. The van der Waals surface area contributed by atoms with E-state index < -0.39 is 5.97 Å². The molecule has 1 heterocycles. The van der Waals surface area contributed by atoms with Crippen molar-refractivity contribution in [2.24, 2.45) is 0 Å². The van der Waals surface area contributed by atoms with Gasteiger partial charge >= 0.3 is 5.97 Å². The lowest BCUT2D eigenvalue weighted by molar-refractivity contribution is 0.0694. The lowest BCUT2D eigenvalue weighted by Gasteiger charge is -2.11. The third-order valence-electron chi connectivity index (χ3n) is 2.41. The fourth-order valence-electron chi connectivity index (χ4n) is 1.58. The molecule has 0 unspecified atom stereocenters. The van der Waals surface area contributed by atoms with Gasteiger partial charge in [0.05, 0.1) is 17.8 Å². The molecule has 2 N–H and O–H groups in total. The highest BCUT2D eigenvalue weighted by molar-refractivity contribution is 7.98. The Hall–Kier alpha value is -1.95. The normalized spacial score (nSPS) is 10.3. The number of anilines is 1. The highest BCUT2D eigenvalue weighted by Gasteiger charge is 2.14. The summed E-state index contributed by atoms with van der Waals surface area (Å²) in [5.74, 6) is -0.942. The summed E-state index contributed by atoms with van der Waals surface area (Å²) in [6, 6.07) is 7.08. The third-order valence-corrected chi connectivity index (χ3v) is 3.19. The van der Waals surface area contributed by atoms with Crippen molar-refractivity contribution < 1.29 is 14.4 Å². The van der Waals surface area contributed by atoms with Crippen molar-refractivity contribution in [2.45, 2.75) is 11.4 Å². The fraction of sp³-hybridized carbons (Fsp3) is 0.167. The first-order valence-electron chi connectivity index (χ1n) is 5.26. The lowest BCUT2D eigenvalue weighted by atomic mass is 10.1. The van der Waals surface area contributed by atoms with Gasteiger partial charge in [-0.25, -0.2) is 4.79 Å². The number of carboxylic acid groups (broad SMARTS) is 1. The minimum Gasteiger partial charge on any atom is -0.478 e. The zero-order chi connectivity index (χ0) is 13.0. The maximum atomic E-state index is 11.3. The van der Waals surface area contributed by atoms with Crippen LogP contribution < -0.4 is 5.32 Å². The highest BCUT2D eigenvalue weighted by Crippen LogP contribution is 2.27. The Morgan fingerprint density at radius 2 is 2.33 bits per heavy atom. The number of nitrogens with one attached hydrogen (secondary N) is 1. The number of hydrogen-bond donors (Lipinski definition) is 2. The predicted octanol–water partition coefficient (Wildman–Crippen LogP) is 2.71. The smallest absolute Gasteiger partial charge is 0.338 e. The molecular formula is C12H12N2O3S. The van der Waals surface area contributed by atoms with E-state index in [1.807, 2.05) is 12.3 Å². The molecule has 0 spiro atoms. The van der Waals surface area contributed by atoms with Crippen LogP contribution in [-0.4, -0.2) is 22.5 Å². The second-order valence-electron chi connectivity index (χ2n) is 3.53. The quantitative estimate of drug-likeness (QED) is 0.809. The number of benzene rings is 1. The maximum absolute atomic E-state index is 11.3. The molecule has 0 bridgehead atoms. The maximum Gasteiger partial charge on any atom is 0.338 e. The summed E-state index contributed by atoms with van der Waals surface area (Å²) in [4.78, 5) is 12.0. The number of carbonyl (C=O) groups is 1. The molecule has 0 saturated carbocycles. The van der Waals surface area contributed by atoms with Crippen molar-refractivity contribution in [1.29, 1.82) is 0 Å². The fourth-order valence-corrected chi connectivity index (χ4v) is 2.20. The summed E-state index contributed by atoms with van der Waals surface area (Å²) < 4.78 is 4.72. The Morgan fingerprint density at radius 3 is 2.94 bits per heavy atom. The Kier molecular flexibility index (Phi) is 3.88. The summed E-state index contributed by atoms with van der Waals surface area (Å²) in [7, 11) is 0. The van der Waals surface area contributed by atoms with Crippen molar-refractivity contribution in [2.75, 3.05) is 11.6 Å². The molecule has 0 aliphatic heterocycles. The highest BCUT2D eigenvalue weighted by atomic mass is 32.2. The zero-order valence-corrected chi connectivity index (χ0v) is 10.5. The molecule has 0 saturated heterocycles. The molecule has 2 aromatic rings. The van der Waals surface area contributed by atoms with Gasteiger partial charge in [-0.15, -0.1) is 11.8 Å². The van der Waals surface area contributed by atoms with Crippen LogP contribution in [0.3, 0.4) is 0 Å². The zero-order valence-electron chi connectivity index (χ0n) is 9.71. The predicted molar refractivity (Wildman–Crippen MR) is 69.0 cm³/mol. The molecule has 2 rings (SSSR count). The molecule has 94 valence electrons. The van der Waals surface area contributed by atoms with E-state index in [1.54, 1.807) is 18.2 Å². The summed E-state index contributed by atoms with van der Waals surface area (Å²) in [6.45, 7) is 0.425. The number of nitrogens with zero attached hydrogens (tertiary/aromatic N) is 1. The third kappa shape index (κ3) is 2.65. The summed E-state index contributed by atoms with van der Waals surface area (Å²) >= 11 is 1.41. The van der Waals surface area contributed by atoms with E-state index in [2.05, 4.69) is 10.5 Å². The number of rotatable bonds is 5. The van der Waals surface area contributed by atoms with Gasteiger partial charge in [0.15, 0.2) is 0 Å². The SMILES string of the molecule is CSc1cccc(NCc2ccon2)c1C(=O)O. The van der Waals surface area contributed by atoms with Gasteiger partial charge in [-0.1, -0.05) is 11.2 Å². The number of thioether (sulfide) groups is 1.